The third-order valence-electron chi connectivity index (χ3n) is 2.29. The Morgan fingerprint density at radius 2 is 1.87 bits per heavy atom. The predicted octanol–water partition coefficient (Wildman–Crippen LogP) is 2.37. The van der Waals surface area contributed by atoms with Gasteiger partial charge in [-0.2, -0.15) is 0 Å². The Balaban J connectivity index is 2.22. The van der Waals surface area contributed by atoms with E-state index in [1.807, 2.05) is 24.3 Å². The molecule has 0 saturated heterocycles. The number of methoxy groups -OCH3 is 1. The monoisotopic (exact) mass is 204 g/mol. The van der Waals surface area contributed by atoms with Gasteiger partial charge in [-0.1, -0.05) is 12.1 Å². The van der Waals surface area contributed by atoms with E-state index in [4.69, 9.17) is 9.15 Å². The number of hydrogen-bond acceptors (Lipinski definition) is 3. The second-order valence-electron chi connectivity index (χ2n) is 3.23. The fourth-order valence-electron chi connectivity index (χ4n) is 1.41. The normalized spacial score (nSPS) is 12.4. The van der Waals surface area contributed by atoms with Crippen molar-refractivity contribution in [2.24, 2.45) is 0 Å². The Labute approximate surface area is 87.9 Å². The van der Waals surface area contributed by atoms with E-state index >= 15 is 0 Å². The molecule has 2 aromatic rings. The minimum atomic E-state index is -0.644. The molecule has 78 valence electrons. The molecule has 0 aliphatic heterocycles. The van der Waals surface area contributed by atoms with Crippen LogP contribution in [-0.4, -0.2) is 12.2 Å². The van der Waals surface area contributed by atoms with E-state index in [0.717, 1.165) is 16.9 Å². The van der Waals surface area contributed by atoms with Crippen molar-refractivity contribution >= 4 is 0 Å². The van der Waals surface area contributed by atoms with Crippen LogP contribution in [0.3, 0.4) is 0 Å². The number of ether oxygens (including phenoxy) is 1. The molecule has 0 aliphatic rings. The van der Waals surface area contributed by atoms with E-state index in [9.17, 15) is 5.11 Å². The van der Waals surface area contributed by atoms with Gasteiger partial charge in [-0.15, -0.1) is 0 Å². The van der Waals surface area contributed by atoms with Gasteiger partial charge in [0, 0.05) is 5.56 Å². The molecular formula is C12H12O3. The summed E-state index contributed by atoms with van der Waals surface area (Å²) in [6.07, 6.45) is 2.44. The van der Waals surface area contributed by atoms with Crippen LogP contribution in [0.1, 0.15) is 17.2 Å². The summed E-state index contributed by atoms with van der Waals surface area (Å²) >= 11 is 0. The summed E-state index contributed by atoms with van der Waals surface area (Å²) in [7, 11) is 1.61. The van der Waals surface area contributed by atoms with Crippen LogP contribution in [0.2, 0.25) is 0 Å². The molecule has 0 fully saturated rings. The predicted molar refractivity (Wildman–Crippen MR) is 55.8 cm³/mol. The van der Waals surface area contributed by atoms with Gasteiger partial charge in [-0.25, -0.2) is 0 Å². The van der Waals surface area contributed by atoms with Gasteiger partial charge in [0.1, 0.15) is 11.9 Å². The number of rotatable bonds is 3. The first-order valence-electron chi connectivity index (χ1n) is 4.65. The lowest BCUT2D eigenvalue weighted by atomic mass is 10.0. The minimum absolute atomic E-state index is 0.644. The highest BCUT2D eigenvalue weighted by molar-refractivity contribution is 5.32. The van der Waals surface area contributed by atoms with E-state index in [1.54, 1.807) is 19.4 Å². The summed E-state index contributed by atoms with van der Waals surface area (Å²) in [4.78, 5) is 0. The topological polar surface area (TPSA) is 42.6 Å². The first kappa shape index (κ1) is 9.80. The minimum Gasteiger partial charge on any atom is -0.497 e. The second-order valence-corrected chi connectivity index (χ2v) is 3.23. The van der Waals surface area contributed by atoms with Crippen molar-refractivity contribution < 1.29 is 14.3 Å². The maximum Gasteiger partial charge on any atom is 0.118 e. The molecule has 0 unspecified atom stereocenters. The van der Waals surface area contributed by atoms with Gasteiger partial charge in [-0.3, -0.25) is 0 Å². The third kappa shape index (κ3) is 2.02. The molecule has 0 saturated carbocycles. The van der Waals surface area contributed by atoms with Gasteiger partial charge in [0.05, 0.1) is 19.6 Å². The molecule has 0 spiro atoms. The summed E-state index contributed by atoms with van der Waals surface area (Å²) < 4.78 is 9.96. The van der Waals surface area contributed by atoms with Crippen LogP contribution >= 0.6 is 0 Å². The lowest BCUT2D eigenvalue weighted by Gasteiger charge is -2.09. The van der Waals surface area contributed by atoms with Crippen molar-refractivity contribution in [2.75, 3.05) is 7.11 Å². The maximum absolute atomic E-state index is 9.94. The largest absolute Gasteiger partial charge is 0.497 e. The zero-order chi connectivity index (χ0) is 10.7. The fraction of sp³-hybridized carbons (Fsp3) is 0.167. The first-order chi connectivity index (χ1) is 7.31. The third-order valence-corrected chi connectivity index (χ3v) is 2.29. The van der Waals surface area contributed by atoms with Crippen molar-refractivity contribution in [3.05, 3.63) is 54.0 Å². The molecule has 0 aliphatic carbocycles. The number of aliphatic hydroxyl groups excluding tert-OH is 1. The van der Waals surface area contributed by atoms with Crippen LogP contribution in [0.25, 0.3) is 0 Å². The molecule has 3 heteroatoms. The second kappa shape index (κ2) is 4.19. The van der Waals surface area contributed by atoms with Crippen LogP contribution in [0.4, 0.5) is 0 Å². The summed E-state index contributed by atoms with van der Waals surface area (Å²) in [6, 6.07) is 9.04. The van der Waals surface area contributed by atoms with Gasteiger partial charge in [0.2, 0.25) is 0 Å². The first-order valence-corrected chi connectivity index (χ1v) is 4.65. The van der Waals surface area contributed by atoms with E-state index in [2.05, 4.69) is 0 Å². The molecule has 1 N–H and O–H groups in total. The number of furan rings is 1. The average Bonchev–Trinajstić information content (AvgIpc) is 2.82. The Morgan fingerprint density at radius 3 is 2.40 bits per heavy atom. The highest BCUT2D eigenvalue weighted by atomic mass is 16.5. The van der Waals surface area contributed by atoms with Crippen LogP contribution in [0.5, 0.6) is 5.75 Å². The Morgan fingerprint density at radius 1 is 1.13 bits per heavy atom. The Bertz CT molecular complexity index is 403. The van der Waals surface area contributed by atoms with E-state index < -0.39 is 6.10 Å². The van der Waals surface area contributed by atoms with E-state index in [0.29, 0.717) is 0 Å². The van der Waals surface area contributed by atoms with Gasteiger partial charge < -0.3 is 14.3 Å². The number of benzene rings is 1. The van der Waals surface area contributed by atoms with Crippen molar-refractivity contribution in [3.63, 3.8) is 0 Å². The summed E-state index contributed by atoms with van der Waals surface area (Å²) in [5, 5.41) is 9.94. The van der Waals surface area contributed by atoms with Crippen LogP contribution in [0.15, 0.2) is 47.3 Å². The van der Waals surface area contributed by atoms with Gasteiger partial charge in [0.15, 0.2) is 0 Å². The molecule has 0 amide bonds. The zero-order valence-corrected chi connectivity index (χ0v) is 8.38. The maximum atomic E-state index is 9.94. The summed E-state index contributed by atoms with van der Waals surface area (Å²) in [5.74, 6) is 0.776. The van der Waals surface area contributed by atoms with E-state index in [-0.39, 0.29) is 0 Å². The molecule has 1 atom stereocenters. The van der Waals surface area contributed by atoms with Gasteiger partial charge in [0.25, 0.3) is 0 Å². The quantitative estimate of drug-likeness (QED) is 0.834. The van der Waals surface area contributed by atoms with Crippen LogP contribution < -0.4 is 4.74 Å². The highest BCUT2D eigenvalue weighted by Crippen LogP contribution is 2.23. The van der Waals surface area contributed by atoms with Crippen LogP contribution in [0, 0.1) is 0 Å². The lowest BCUT2D eigenvalue weighted by Crippen LogP contribution is -1.97. The van der Waals surface area contributed by atoms with Crippen LogP contribution in [-0.2, 0) is 0 Å². The molecule has 1 heterocycles. The van der Waals surface area contributed by atoms with Gasteiger partial charge in [-0.05, 0) is 23.8 Å². The Kier molecular flexibility index (Phi) is 2.74. The van der Waals surface area contributed by atoms with E-state index in [1.165, 1.54) is 6.26 Å². The fourth-order valence-corrected chi connectivity index (χ4v) is 1.41. The SMILES string of the molecule is COc1ccc([C@@H](O)c2ccoc2)cc1. The summed E-state index contributed by atoms with van der Waals surface area (Å²) in [6.45, 7) is 0. The van der Waals surface area contributed by atoms with Gasteiger partial charge >= 0.3 is 0 Å². The average molecular weight is 204 g/mol. The standard InChI is InChI=1S/C12H12O3/c1-14-11-4-2-9(3-5-11)12(13)10-6-7-15-8-10/h2-8,12-13H,1H3/t12-/m1/s1. The molecule has 1 aromatic heterocycles. The van der Waals surface area contributed by atoms with Crippen molar-refractivity contribution in [1.82, 2.24) is 0 Å². The summed E-state index contributed by atoms with van der Waals surface area (Å²) in [5.41, 5.74) is 1.57. The number of aliphatic hydroxyl groups is 1. The molecule has 0 bridgehead atoms. The Hall–Kier alpha value is -1.74. The molecule has 1 aromatic carbocycles. The molecule has 0 radical (unpaired) electrons. The smallest absolute Gasteiger partial charge is 0.118 e. The molecule has 3 nitrogen and oxygen atoms in total. The highest BCUT2D eigenvalue weighted by Gasteiger charge is 2.10. The molecular weight excluding hydrogens is 192 g/mol. The van der Waals surface area contributed by atoms with Crippen molar-refractivity contribution in [1.29, 1.82) is 0 Å². The van der Waals surface area contributed by atoms with Crippen molar-refractivity contribution in [2.45, 2.75) is 6.10 Å². The molecule has 2 rings (SSSR count). The zero-order valence-electron chi connectivity index (χ0n) is 8.38. The number of hydrogen-bond donors (Lipinski definition) is 1. The lowest BCUT2D eigenvalue weighted by molar-refractivity contribution is 0.219. The molecule has 15 heavy (non-hydrogen) atoms. The van der Waals surface area contributed by atoms with Crippen molar-refractivity contribution in [3.8, 4) is 5.75 Å².